The van der Waals surface area contributed by atoms with Gasteiger partial charge in [-0.3, -0.25) is 14.5 Å². The van der Waals surface area contributed by atoms with E-state index in [0.717, 1.165) is 29.4 Å². The highest BCUT2D eigenvalue weighted by molar-refractivity contribution is 7.13. The zero-order chi connectivity index (χ0) is 22.3. The molecule has 0 unspecified atom stereocenters. The van der Waals surface area contributed by atoms with E-state index in [9.17, 15) is 9.59 Å². The van der Waals surface area contributed by atoms with Crippen LogP contribution in [-0.4, -0.2) is 54.5 Å². The number of thiazole rings is 1. The number of ether oxygens (including phenoxy) is 1. The van der Waals surface area contributed by atoms with Crippen LogP contribution in [0, 0.1) is 6.92 Å². The van der Waals surface area contributed by atoms with Crippen LogP contribution in [0.1, 0.15) is 11.3 Å². The number of rotatable bonds is 7. The first kappa shape index (κ1) is 22.1. The molecule has 0 radical (unpaired) electrons. The van der Waals surface area contributed by atoms with Crippen molar-refractivity contribution in [2.45, 2.75) is 13.3 Å². The first-order valence-corrected chi connectivity index (χ1v) is 11.4. The summed E-state index contributed by atoms with van der Waals surface area (Å²) in [7, 11) is 0. The van der Waals surface area contributed by atoms with E-state index in [-0.39, 0.29) is 18.2 Å². The maximum atomic E-state index is 12.4. The fourth-order valence-electron chi connectivity index (χ4n) is 3.39. The van der Waals surface area contributed by atoms with Gasteiger partial charge in [0.15, 0.2) is 0 Å². The van der Waals surface area contributed by atoms with E-state index in [1.807, 2.05) is 24.4 Å². The van der Waals surface area contributed by atoms with Crippen molar-refractivity contribution in [2.24, 2.45) is 0 Å². The van der Waals surface area contributed by atoms with Crippen LogP contribution in [0.3, 0.4) is 0 Å². The summed E-state index contributed by atoms with van der Waals surface area (Å²) in [5.41, 5.74) is 4.37. The lowest BCUT2D eigenvalue weighted by Gasteiger charge is -2.25. The van der Waals surface area contributed by atoms with Crippen molar-refractivity contribution in [3.05, 3.63) is 65.2 Å². The summed E-state index contributed by atoms with van der Waals surface area (Å²) in [6.07, 6.45) is 0.209. The van der Waals surface area contributed by atoms with Crippen molar-refractivity contribution in [3.63, 3.8) is 0 Å². The standard InChI is InChI=1S/C24H26N4O3S/c1-17-2-4-18(5-3-17)24-27-21(16-32-24)14-22(29)25-19-6-8-20(9-7-19)26-23(30)15-28-10-12-31-13-11-28/h2-9,16H,10-15H2,1H3,(H,25,29)(H,26,30). The molecule has 166 valence electrons. The van der Waals surface area contributed by atoms with Crippen molar-refractivity contribution in [3.8, 4) is 10.6 Å². The number of aromatic nitrogens is 1. The van der Waals surface area contributed by atoms with E-state index in [0.29, 0.717) is 31.1 Å². The van der Waals surface area contributed by atoms with Gasteiger partial charge in [0.25, 0.3) is 0 Å². The van der Waals surface area contributed by atoms with Gasteiger partial charge in [-0.25, -0.2) is 4.98 Å². The highest BCUT2D eigenvalue weighted by Crippen LogP contribution is 2.24. The quantitative estimate of drug-likeness (QED) is 0.575. The number of nitrogens with one attached hydrogen (secondary N) is 2. The molecule has 2 amide bonds. The average molecular weight is 451 g/mol. The first-order valence-electron chi connectivity index (χ1n) is 10.6. The zero-order valence-electron chi connectivity index (χ0n) is 18.0. The van der Waals surface area contributed by atoms with Gasteiger partial charge >= 0.3 is 0 Å². The molecule has 1 saturated heterocycles. The van der Waals surface area contributed by atoms with Crippen molar-refractivity contribution in [1.29, 1.82) is 0 Å². The van der Waals surface area contributed by atoms with Gasteiger partial charge in [0, 0.05) is 35.4 Å². The van der Waals surface area contributed by atoms with Crippen LogP contribution in [0.25, 0.3) is 10.6 Å². The Morgan fingerprint density at radius 1 is 0.969 bits per heavy atom. The van der Waals surface area contributed by atoms with Gasteiger partial charge in [0.1, 0.15) is 5.01 Å². The molecule has 1 aliphatic rings. The number of carbonyl (C=O) groups excluding carboxylic acids is 2. The Kier molecular flexibility index (Phi) is 7.26. The summed E-state index contributed by atoms with van der Waals surface area (Å²) in [4.78, 5) is 31.3. The minimum Gasteiger partial charge on any atom is -0.379 e. The van der Waals surface area contributed by atoms with Gasteiger partial charge in [-0.2, -0.15) is 0 Å². The summed E-state index contributed by atoms with van der Waals surface area (Å²) in [5.74, 6) is -0.188. The molecule has 1 aromatic heterocycles. The van der Waals surface area contributed by atoms with E-state index < -0.39 is 0 Å². The average Bonchev–Trinajstić information content (AvgIpc) is 3.24. The van der Waals surface area contributed by atoms with Gasteiger partial charge in [-0.1, -0.05) is 29.8 Å². The summed E-state index contributed by atoms with van der Waals surface area (Å²) < 4.78 is 5.30. The number of amides is 2. The molecular formula is C24H26N4O3S. The largest absolute Gasteiger partial charge is 0.379 e. The molecule has 1 aliphatic heterocycles. The summed E-state index contributed by atoms with van der Waals surface area (Å²) in [5, 5.41) is 8.60. The minimum atomic E-state index is -0.130. The van der Waals surface area contributed by atoms with Crippen LogP contribution >= 0.6 is 11.3 Å². The fourth-order valence-corrected chi connectivity index (χ4v) is 4.21. The minimum absolute atomic E-state index is 0.0587. The lowest BCUT2D eigenvalue weighted by Crippen LogP contribution is -2.41. The molecule has 8 heteroatoms. The monoisotopic (exact) mass is 450 g/mol. The fraction of sp³-hybridized carbons (Fsp3) is 0.292. The predicted octanol–water partition coefficient (Wildman–Crippen LogP) is 3.57. The highest BCUT2D eigenvalue weighted by Gasteiger charge is 2.14. The van der Waals surface area contributed by atoms with Gasteiger partial charge < -0.3 is 15.4 Å². The smallest absolute Gasteiger partial charge is 0.238 e. The lowest BCUT2D eigenvalue weighted by atomic mass is 10.2. The number of anilines is 2. The van der Waals surface area contributed by atoms with Gasteiger partial charge in [0.05, 0.1) is 31.9 Å². The number of morpholine rings is 1. The number of carbonyl (C=O) groups is 2. The molecule has 0 spiro atoms. The molecule has 1 fully saturated rings. The van der Waals surface area contributed by atoms with E-state index >= 15 is 0 Å². The molecular weight excluding hydrogens is 424 g/mol. The van der Waals surface area contributed by atoms with Crippen LogP contribution in [0.4, 0.5) is 11.4 Å². The maximum Gasteiger partial charge on any atom is 0.238 e. The maximum absolute atomic E-state index is 12.4. The zero-order valence-corrected chi connectivity index (χ0v) is 18.8. The molecule has 2 aromatic carbocycles. The third kappa shape index (κ3) is 6.23. The molecule has 0 bridgehead atoms. The second-order valence-corrected chi connectivity index (χ2v) is 8.61. The van der Waals surface area contributed by atoms with Gasteiger partial charge in [0.2, 0.25) is 11.8 Å². The van der Waals surface area contributed by atoms with Crippen LogP contribution in [-0.2, 0) is 20.7 Å². The van der Waals surface area contributed by atoms with Crippen molar-refractivity contribution < 1.29 is 14.3 Å². The molecule has 3 aromatic rings. The van der Waals surface area contributed by atoms with E-state index in [2.05, 4.69) is 32.7 Å². The Hall–Kier alpha value is -3.07. The van der Waals surface area contributed by atoms with Crippen molar-refractivity contribution >= 4 is 34.5 Å². The number of hydrogen-bond donors (Lipinski definition) is 2. The second-order valence-electron chi connectivity index (χ2n) is 7.75. The van der Waals surface area contributed by atoms with E-state index in [1.165, 1.54) is 16.9 Å². The highest BCUT2D eigenvalue weighted by atomic mass is 32.1. The molecule has 2 heterocycles. The summed E-state index contributed by atoms with van der Waals surface area (Å²) in [6, 6.07) is 15.3. The molecule has 0 saturated carbocycles. The molecule has 7 nitrogen and oxygen atoms in total. The molecule has 2 N–H and O–H groups in total. The van der Waals surface area contributed by atoms with Crippen molar-refractivity contribution in [2.75, 3.05) is 43.5 Å². The first-order chi connectivity index (χ1) is 15.5. The molecule has 0 aliphatic carbocycles. The Labute approximate surface area is 191 Å². The number of hydrogen-bond acceptors (Lipinski definition) is 6. The number of aryl methyl sites for hydroxylation is 1. The molecule has 32 heavy (non-hydrogen) atoms. The van der Waals surface area contributed by atoms with Crippen molar-refractivity contribution in [1.82, 2.24) is 9.88 Å². The third-order valence-electron chi connectivity index (χ3n) is 5.12. The normalized spacial score (nSPS) is 14.2. The summed E-state index contributed by atoms with van der Waals surface area (Å²) in [6.45, 7) is 5.26. The number of benzene rings is 2. The van der Waals surface area contributed by atoms with E-state index in [1.54, 1.807) is 24.3 Å². The molecule has 4 rings (SSSR count). The van der Waals surface area contributed by atoms with Crippen LogP contribution in [0.5, 0.6) is 0 Å². The number of nitrogens with zero attached hydrogens (tertiary/aromatic N) is 2. The van der Waals surface area contributed by atoms with Gasteiger partial charge in [-0.15, -0.1) is 11.3 Å². The Balaban J connectivity index is 1.26. The topological polar surface area (TPSA) is 83.6 Å². The van der Waals surface area contributed by atoms with E-state index in [4.69, 9.17) is 4.74 Å². The Bertz CT molecular complexity index is 1060. The Morgan fingerprint density at radius 3 is 2.25 bits per heavy atom. The van der Waals surface area contributed by atoms with Crippen LogP contribution in [0.2, 0.25) is 0 Å². The lowest BCUT2D eigenvalue weighted by molar-refractivity contribution is -0.118. The third-order valence-corrected chi connectivity index (χ3v) is 6.06. The summed E-state index contributed by atoms with van der Waals surface area (Å²) >= 11 is 1.54. The SMILES string of the molecule is Cc1ccc(-c2nc(CC(=O)Nc3ccc(NC(=O)CN4CCOCC4)cc3)cs2)cc1. The second kappa shape index (κ2) is 10.5. The van der Waals surface area contributed by atoms with Gasteiger partial charge in [-0.05, 0) is 31.2 Å². The predicted molar refractivity (Wildman–Crippen MR) is 127 cm³/mol. The van der Waals surface area contributed by atoms with Crippen LogP contribution < -0.4 is 10.6 Å². The molecule has 0 atom stereocenters. The Morgan fingerprint density at radius 2 is 1.59 bits per heavy atom. The van der Waals surface area contributed by atoms with Crippen LogP contribution in [0.15, 0.2) is 53.9 Å².